The molecule has 15 heavy (non-hydrogen) atoms. The van der Waals surface area contributed by atoms with Crippen LogP contribution in [0.15, 0.2) is 18.3 Å². The Morgan fingerprint density at radius 3 is 3.40 bits per heavy atom. The number of ether oxygens (including phenoxy) is 1. The lowest BCUT2D eigenvalue weighted by molar-refractivity contribution is 0.131. The molecule has 2 atom stereocenters. The van der Waals surface area contributed by atoms with Crippen LogP contribution in [0.4, 0.5) is 4.79 Å². The van der Waals surface area contributed by atoms with Crippen molar-refractivity contribution in [2.75, 3.05) is 6.61 Å². The molecule has 0 saturated carbocycles. The predicted molar refractivity (Wildman–Crippen MR) is 53.3 cm³/mol. The molecule has 3 rings (SSSR count). The zero-order chi connectivity index (χ0) is 10.4. The van der Waals surface area contributed by atoms with Crippen molar-refractivity contribution in [1.82, 2.24) is 9.88 Å². The SMILES string of the molecule is CCOC(=O)N1[C@@H]2Cc3cccnc3[C@@H]21. The molecular weight excluding hydrogens is 192 g/mol. The maximum absolute atomic E-state index is 11.5. The van der Waals surface area contributed by atoms with Crippen molar-refractivity contribution in [1.29, 1.82) is 0 Å². The van der Waals surface area contributed by atoms with E-state index in [1.165, 1.54) is 5.56 Å². The smallest absolute Gasteiger partial charge is 0.410 e. The highest BCUT2D eigenvalue weighted by molar-refractivity contribution is 5.73. The lowest BCUT2D eigenvalue weighted by Gasteiger charge is -2.09. The fourth-order valence-electron chi connectivity index (χ4n) is 2.37. The summed E-state index contributed by atoms with van der Waals surface area (Å²) in [5, 5.41) is 0. The van der Waals surface area contributed by atoms with Crippen LogP contribution < -0.4 is 0 Å². The Hall–Kier alpha value is -1.58. The summed E-state index contributed by atoms with van der Waals surface area (Å²) >= 11 is 0. The van der Waals surface area contributed by atoms with Crippen LogP contribution in [0.25, 0.3) is 0 Å². The Balaban J connectivity index is 1.81. The van der Waals surface area contributed by atoms with Crippen molar-refractivity contribution in [3.05, 3.63) is 29.6 Å². The molecule has 1 aromatic heterocycles. The fourth-order valence-corrected chi connectivity index (χ4v) is 2.37. The highest BCUT2D eigenvalue weighted by Gasteiger charge is 2.58. The standard InChI is InChI=1S/C11H12N2O2/c1-2-15-11(14)13-8-6-7-4-3-5-12-9(7)10(8)13/h3-5,8,10H,2,6H2,1H3/t8-,10-,13?/m1/s1. The maximum Gasteiger partial charge on any atom is 0.410 e. The highest BCUT2D eigenvalue weighted by atomic mass is 16.6. The summed E-state index contributed by atoms with van der Waals surface area (Å²) in [6, 6.07) is 4.50. The highest BCUT2D eigenvalue weighted by Crippen LogP contribution is 2.51. The summed E-state index contributed by atoms with van der Waals surface area (Å²) in [4.78, 5) is 17.6. The van der Waals surface area contributed by atoms with Gasteiger partial charge in [0.2, 0.25) is 0 Å². The number of nitrogens with zero attached hydrogens (tertiary/aromatic N) is 2. The van der Waals surface area contributed by atoms with E-state index in [1.807, 2.05) is 13.0 Å². The summed E-state index contributed by atoms with van der Waals surface area (Å²) in [5.41, 5.74) is 2.32. The third kappa shape index (κ3) is 1.14. The molecule has 0 spiro atoms. The Morgan fingerprint density at radius 2 is 2.60 bits per heavy atom. The van der Waals surface area contributed by atoms with E-state index in [-0.39, 0.29) is 12.1 Å². The molecule has 0 unspecified atom stereocenters. The number of aromatic nitrogens is 1. The van der Waals surface area contributed by atoms with Crippen molar-refractivity contribution in [2.45, 2.75) is 25.4 Å². The van der Waals surface area contributed by atoms with Crippen LogP contribution >= 0.6 is 0 Å². The monoisotopic (exact) mass is 204 g/mol. The molecule has 0 radical (unpaired) electrons. The Morgan fingerprint density at radius 1 is 1.73 bits per heavy atom. The Labute approximate surface area is 87.9 Å². The van der Waals surface area contributed by atoms with Gasteiger partial charge in [0.1, 0.15) is 0 Å². The van der Waals surface area contributed by atoms with Gasteiger partial charge in [-0.25, -0.2) is 4.79 Å². The first-order chi connectivity index (χ1) is 7.33. The van der Waals surface area contributed by atoms with Gasteiger partial charge in [-0.2, -0.15) is 0 Å². The average molecular weight is 204 g/mol. The summed E-state index contributed by atoms with van der Waals surface area (Å²) in [7, 11) is 0. The summed E-state index contributed by atoms with van der Waals surface area (Å²) in [6.45, 7) is 2.26. The van der Waals surface area contributed by atoms with Crippen LogP contribution in [-0.2, 0) is 11.2 Å². The molecule has 1 amide bonds. The number of hydrogen-bond donors (Lipinski definition) is 0. The zero-order valence-electron chi connectivity index (χ0n) is 8.51. The van der Waals surface area contributed by atoms with Gasteiger partial charge in [0.25, 0.3) is 0 Å². The second-order valence-electron chi connectivity index (χ2n) is 3.87. The lowest BCUT2D eigenvalue weighted by atomic mass is 10.2. The largest absolute Gasteiger partial charge is 0.450 e. The van der Waals surface area contributed by atoms with Crippen LogP contribution in [0.5, 0.6) is 0 Å². The molecular formula is C11H12N2O2. The summed E-state index contributed by atoms with van der Waals surface area (Å²) in [5.74, 6) is 0. The number of hydrogen-bond acceptors (Lipinski definition) is 3. The molecule has 2 heterocycles. The Kier molecular flexibility index (Phi) is 1.71. The molecule has 1 aliphatic heterocycles. The lowest BCUT2D eigenvalue weighted by Crippen LogP contribution is -2.18. The van der Waals surface area contributed by atoms with Gasteiger partial charge in [0, 0.05) is 6.20 Å². The molecule has 0 N–H and O–H groups in total. The van der Waals surface area contributed by atoms with Gasteiger partial charge in [0.05, 0.1) is 24.4 Å². The first kappa shape index (κ1) is 8.71. The molecule has 2 aliphatic rings. The third-order valence-corrected chi connectivity index (χ3v) is 3.05. The van der Waals surface area contributed by atoms with Crippen molar-refractivity contribution in [3.8, 4) is 0 Å². The van der Waals surface area contributed by atoms with E-state index in [9.17, 15) is 4.79 Å². The molecule has 1 aliphatic carbocycles. The molecule has 78 valence electrons. The molecule has 0 bridgehead atoms. The third-order valence-electron chi connectivity index (χ3n) is 3.05. The van der Waals surface area contributed by atoms with Crippen LogP contribution in [0.2, 0.25) is 0 Å². The molecule has 4 heteroatoms. The molecule has 1 aromatic rings. The molecule has 1 saturated heterocycles. The maximum atomic E-state index is 11.5. The predicted octanol–water partition coefficient (Wildman–Crippen LogP) is 1.52. The number of carbonyl (C=O) groups is 1. The normalized spacial score (nSPS) is 25.8. The second kappa shape index (κ2) is 2.95. The summed E-state index contributed by atoms with van der Waals surface area (Å²) in [6.07, 6.45) is 2.50. The second-order valence-corrected chi connectivity index (χ2v) is 3.87. The van der Waals surface area contributed by atoms with Crippen molar-refractivity contribution in [3.63, 3.8) is 0 Å². The van der Waals surface area contributed by atoms with Crippen molar-refractivity contribution >= 4 is 6.09 Å². The molecule has 1 fully saturated rings. The van der Waals surface area contributed by atoms with Gasteiger partial charge in [-0.15, -0.1) is 0 Å². The van der Waals surface area contributed by atoms with E-state index in [0.717, 1.165) is 12.1 Å². The Bertz CT molecular complexity index is 419. The van der Waals surface area contributed by atoms with Crippen LogP contribution in [-0.4, -0.2) is 28.6 Å². The van der Waals surface area contributed by atoms with E-state index >= 15 is 0 Å². The minimum Gasteiger partial charge on any atom is -0.450 e. The van der Waals surface area contributed by atoms with E-state index in [4.69, 9.17) is 4.74 Å². The number of pyridine rings is 1. The first-order valence-electron chi connectivity index (χ1n) is 5.21. The van der Waals surface area contributed by atoms with Crippen LogP contribution in [0.3, 0.4) is 0 Å². The minimum absolute atomic E-state index is 0.181. The molecule has 4 nitrogen and oxygen atoms in total. The van der Waals surface area contributed by atoms with E-state index in [2.05, 4.69) is 11.1 Å². The number of carbonyl (C=O) groups excluding carboxylic acids is 1. The van der Waals surface area contributed by atoms with Gasteiger partial charge in [-0.05, 0) is 25.0 Å². The van der Waals surface area contributed by atoms with Gasteiger partial charge < -0.3 is 4.74 Å². The van der Waals surface area contributed by atoms with Gasteiger partial charge in [-0.3, -0.25) is 9.88 Å². The van der Waals surface area contributed by atoms with Crippen molar-refractivity contribution in [2.24, 2.45) is 0 Å². The van der Waals surface area contributed by atoms with Gasteiger partial charge in [0.15, 0.2) is 0 Å². The van der Waals surface area contributed by atoms with Crippen molar-refractivity contribution < 1.29 is 9.53 Å². The van der Waals surface area contributed by atoms with Crippen LogP contribution in [0, 0.1) is 0 Å². The first-order valence-corrected chi connectivity index (χ1v) is 5.21. The minimum atomic E-state index is -0.205. The van der Waals surface area contributed by atoms with Crippen LogP contribution in [0.1, 0.15) is 24.2 Å². The summed E-state index contributed by atoms with van der Waals surface area (Å²) < 4.78 is 4.98. The zero-order valence-corrected chi connectivity index (χ0v) is 8.51. The topological polar surface area (TPSA) is 42.2 Å². The average Bonchev–Trinajstić information content (AvgIpc) is 2.83. The number of amides is 1. The fraction of sp³-hybridized carbons (Fsp3) is 0.455. The van der Waals surface area contributed by atoms with Gasteiger partial charge >= 0.3 is 6.09 Å². The molecule has 0 aromatic carbocycles. The quantitative estimate of drug-likeness (QED) is 0.651. The van der Waals surface area contributed by atoms with E-state index in [1.54, 1.807) is 11.1 Å². The number of fused-ring (bicyclic) bond motifs is 3. The van der Waals surface area contributed by atoms with E-state index in [0.29, 0.717) is 12.6 Å². The van der Waals surface area contributed by atoms with Gasteiger partial charge in [-0.1, -0.05) is 6.07 Å². The number of rotatable bonds is 1. The van der Waals surface area contributed by atoms with E-state index < -0.39 is 0 Å².